The summed E-state index contributed by atoms with van der Waals surface area (Å²) in [6.45, 7) is -0.320. The summed E-state index contributed by atoms with van der Waals surface area (Å²) < 4.78 is 20.6. The number of aliphatic hydroxyl groups is 1. The van der Waals surface area contributed by atoms with Gasteiger partial charge in [-0.05, 0) is 0 Å². The molecule has 8 heteroatoms. The highest BCUT2D eigenvalue weighted by atomic mass is 19.1. The number of aliphatic hydroxyl groups excluding tert-OH is 1. The van der Waals surface area contributed by atoms with E-state index in [1.807, 2.05) is 0 Å². The van der Waals surface area contributed by atoms with E-state index < -0.39 is 12.1 Å². The lowest BCUT2D eigenvalue weighted by Crippen LogP contribution is -2.09. The smallest absolute Gasteiger partial charge is 0.189 e. The van der Waals surface area contributed by atoms with Crippen molar-refractivity contribution in [2.24, 2.45) is 0 Å². The monoisotopic (exact) mass is 251 g/mol. The van der Waals surface area contributed by atoms with Crippen molar-refractivity contribution in [1.82, 2.24) is 19.5 Å². The van der Waals surface area contributed by atoms with Crippen LogP contribution >= 0.6 is 0 Å². The van der Waals surface area contributed by atoms with Crippen LogP contribution in [0, 0.1) is 0 Å². The summed E-state index contributed by atoms with van der Waals surface area (Å²) in [5.74, 6) is -0.294. The van der Waals surface area contributed by atoms with Gasteiger partial charge in [0.1, 0.15) is 11.8 Å². The predicted octanol–water partition coefficient (Wildman–Crippen LogP) is 0.153. The second kappa shape index (κ2) is 4.00. The van der Waals surface area contributed by atoms with Gasteiger partial charge in [0.25, 0.3) is 0 Å². The predicted molar refractivity (Wildman–Crippen MR) is 59.9 cm³/mol. The van der Waals surface area contributed by atoms with Crippen LogP contribution in [-0.4, -0.2) is 37.8 Å². The standard InChI is InChI=1S/C10H10FN5O2/c11-6-5(1-17)2-18-10(6)16-4-15-7-8(12)13-3-14-9(7)16/h3-4,10,17H,1-2H2,(H2,12,13,14)/t10-/m0/s1. The summed E-state index contributed by atoms with van der Waals surface area (Å²) in [5.41, 5.74) is 6.65. The summed E-state index contributed by atoms with van der Waals surface area (Å²) in [5, 5.41) is 8.96. The maximum absolute atomic E-state index is 13.9. The minimum Gasteiger partial charge on any atom is -0.392 e. The van der Waals surface area contributed by atoms with Crippen molar-refractivity contribution in [3.8, 4) is 0 Å². The number of hydrogen-bond acceptors (Lipinski definition) is 6. The van der Waals surface area contributed by atoms with Gasteiger partial charge in [-0.15, -0.1) is 0 Å². The Morgan fingerprint density at radius 2 is 2.33 bits per heavy atom. The Hall–Kier alpha value is -2.06. The number of hydrogen-bond donors (Lipinski definition) is 2. The molecule has 2 aromatic rings. The van der Waals surface area contributed by atoms with Crippen molar-refractivity contribution < 1.29 is 14.2 Å². The van der Waals surface area contributed by atoms with Crippen molar-refractivity contribution in [2.75, 3.05) is 18.9 Å². The Morgan fingerprint density at radius 3 is 3.06 bits per heavy atom. The van der Waals surface area contributed by atoms with Crippen molar-refractivity contribution in [2.45, 2.75) is 6.23 Å². The third kappa shape index (κ3) is 1.46. The maximum Gasteiger partial charge on any atom is 0.189 e. The molecule has 0 saturated heterocycles. The van der Waals surface area contributed by atoms with Crippen LogP contribution in [0.3, 0.4) is 0 Å². The molecule has 0 aliphatic carbocycles. The first-order valence-electron chi connectivity index (χ1n) is 5.25. The Kier molecular flexibility index (Phi) is 2.46. The van der Waals surface area contributed by atoms with Crippen molar-refractivity contribution in [3.63, 3.8) is 0 Å². The number of ether oxygens (including phenoxy) is 1. The SMILES string of the molecule is Nc1ncnc2c1ncn2[C@H]1OCC(CO)=C1F. The topological polar surface area (TPSA) is 99.1 Å². The number of imidazole rings is 1. The van der Waals surface area contributed by atoms with E-state index in [1.54, 1.807) is 0 Å². The Labute approximate surface area is 101 Å². The van der Waals surface area contributed by atoms with Gasteiger partial charge in [0, 0.05) is 5.57 Å². The van der Waals surface area contributed by atoms with E-state index in [0.29, 0.717) is 11.2 Å². The first-order valence-corrected chi connectivity index (χ1v) is 5.25. The molecule has 1 aliphatic rings. The fraction of sp³-hybridized carbons (Fsp3) is 0.300. The molecule has 0 aromatic carbocycles. The molecule has 18 heavy (non-hydrogen) atoms. The van der Waals surface area contributed by atoms with Gasteiger partial charge in [-0.2, -0.15) is 0 Å². The molecule has 0 amide bonds. The molecule has 0 spiro atoms. The summed E-state index contributed by atoms with van der Waals surface area (Å²) in [6, 6.07) is 0. The van der Waals surface area contributed by atoms with E-state index in [-0.39, 0.29) is 24.6 Å². The molecule has 2 aromatic heterocycles. The van der Waals surface area contributed by atoms with E-state index in [9.17, 15) is 4.39 Å². The molecule has 3 rings (SSSR count). The average molecular weight is 251 g/mol. The normalized spacial score (nSPS) is 20.0. The van der Waals surface area contributed by atoms with Gasteiger partial charge in [0.2, 0.25) is 0 Å². The summed E-state index contributed by atoms with van der Waals surface area (Å²) >= 11 is 0. The van der Waals surface area contributed by atoms with Gasteiger partial charge in [-0.1, -0.05) is 0 Å². The number of nitrogen functional groups attached to an aromatic ring is 1. The zero-order chi connectivity index (χ0) is 12.7. The van der Waals surface area contributed by atoms with Gasteiger partial charge in [-0.25, -0.2) is 19.3 Å². The fourth-order valence-electron chi connectivity index (χ4n) is 1.86. The third-order valence-electron chi connectivity index (χ3n) is 2.80. The molecule has 1 atom stereocenters. The number of anilines is 1. The molecule has 0 bridgehead atoms. The highest BCUT2D eigenvalue weighted by molar-refractivity contribution is 5.81. The fourth-order valence-corrected chi connectivity index (χ4v) is 1.86. The second-order valence-corrected chi connectivity index (χ2v) is 3.86. The van der Waals surface area contributed by atoms with Gasteiger partial charge < -0.3 is 15.6 Å². The molecule has 3 N–H and O–H groups in total. The van der Waals surface area contributed by atoms with Gasteiger partial charge >= 0.3 is 0 Å². The first-order chi connectivity index (χ1) is 8.72. The van der Waals surface area contributed by atoms with Crippen LogP contribution in [0.1, 0.15) is 6.23 Å². The Balaban J connectivity index is 2.11. The molecule has 0 saturated carbocycles. The van der Waals surface area contributed by atoms with Crippen LogP contribution in [0.25, 0.3) is 11.2 Å². The number of halogens is 1. The first kappa shape index (κ1) is 11.1. The number of rotatable bonds is 2. The number of nitrogens with two attached hydrogens (primary N) is 1. The summed E-state index contributed by atoms with van der Waals surface area (Å²) in [4.78, 5) is 11.8. The van der Waals surface area contributed by atoms with Crippen LogP contribution in [-0.2, 0) is 4.74 Å². The average Bonchev–Trinajstić information content (AvgIpc) is 2.93. The second-order valence-electron chi connectivity index (χ2n) is 3.86. The molecule has 0 radical (unpaired) electrons. The van der Waals surface area contributed by atoms with Crippen molar-refractivity contribution in [3.05, 3.63) is 24.1 Å². The van der Waals surface area contributed by atoms with E-state index in [2.05, 4.69) is 15.0 Å². The quantitative estimate of drug-likeness (QED) is 0.788. The highest BCUT2D eigenvalue weighted by Crippen LogP contribution is 2.32. The maximum atomic E-state index is 13.9. The van der Waals surface area contributed by atoms with Crippen LogP contribution in [0.4, 0.5) is 10.2 Å². The lowest BCUT2D eigenvalue weighted by Gasteiger charge is -2.11. The van der Waals surface area contributed by atoms with Crippen molar-refractivity contribution in [1.29, 1.82) is 0 Å². The van der Waals surface area contributed by atoms with E-state index in [4.69, 9.17) is 15.6 Å². The minimum atomic E-state index is -0.952. The zero-order valence-electron chi connectivity index (χ0n) is 9.25. The molecular weight excluding hydrogens is 241 g/mol. The van der Waals surface area contributed by atoms with Gasteiger partial charge in [0.15, 0.2) is 23.5 Å². The molecule has 0 unspecified atom stereocenters. The van der Waals surface area contributed by atoms with Gasteiger partial charge in [-0.3, -0.25) is 4.57 Å². The van der Waals surface area contributed by atoms with Crippen molar-refractivity contribution >= 4 is 17.0 Å². The number of aromatic nitrogens is 4. The summed E-state index contributed by atoms with van der Waals surface area (Å²) in [7, 11) is 0. The molecule has 0 fully saturated rings. The van der Waals surface area contributed by atoms with Crippen LogP contribution in [0.2, 0.25) is 0 Å². The molecule has 3 heterocycles. The summed E-state index contributed by atoms with van der Waals surface area (Å²) in [6.07, 6.45) is 1.71. The van der Waals surface area contributed by atoms with E-state index in [1.165, 1.54) is 17.2 Å². The van der Waals surface area contributed by atoms with E-state index in [0.717, 1.165) is 0 Å². The Bertz CT molecular complexity index is 638. The van der Waals surface area contributed by atoms with Crippen LogP contribution in [0.15, 0.2) is 24.1 Å². The molecular formula is C10H10FN5O2. The largest absolute Gasteiger partial charge is 0.392 e. The number of nitrogens with zero attached hydrogens (tertiary/aromatic N) is 4. The van der Waals surface area contributed by atoms with Crippen LogP contribution < -0.4 is 5.73 Å². The lowest BCUT2D eigenvalue weighted by atomic mass is 10.3. The highest BCUT2D eigenvalue weighted by Gasteiger charge is 2.29. The molecule has 7 nitrogen and oxygen atoms in total. The molecule has 94 valence electrons. The Morgan fingerprint density at radius 1 is 1.50 bits per heavy atom. The van der Waals surface area contributed by atoms with Crippen LogP contribution in [0.5, 0.6) is 0 Å². The number of fused-ring (bicyclic) bond motifs is 1. The minimum absolute atomic E-state index is 0.0488. The third-order valence-corrected chi connectivity index (χ3v) is 2.80. The molecule has 1 aliphatic heterocycles. The van der Waals surface area contributed by atoms with Gasteiger partial charge in [0.05, 0.1) is 19.5 Å². The zero-order valence-corrected chi connectivity index (χ0v) is 9.25. The lowest BCUT2D eigenvalue weighted by molar-refractivity contribution is 0.0560. The van der Waals surface area contributed by atoms with E-state index >= 15 is 0 Å².